The quantitative estimate of drug-likeness (QED) is 0.445. The standard InChI is InChI=1S/C13H15ClO3/c1-2-17-13(16)12-10(7-4-8-14)5-3-6-11(12)9-15/h3,5-6,9H,2,4,7-8H2,1H3. The molecule has 92 valence electrons. The third-order valence-electron chi connectivity index (χ3n) is 2.37. The van der Waals surface area contributed by atoms with Gasteiger partial charge in [0.2, 0.25) is 0 Å². The molecule has 0 aliphatic heterocycles. The molecule has 0 unspecified atom stereocenters. The average molecular weight is 255 g/mol. The molecule has 0 aliphatic carbocycles. The molecule has 0 atom stereocenters. The average Bonchev–Trinajstić information content (AvgIpc) is 2.35. The Morgan fingerprint density at radius 2 is 2.24 bits per heavy atom. The van der Waals surface area contributed by atoms with E-state index >= 15 is 0 Å². The van der Waals surface area contributed by atoms with Gasteiger partial charge in [-0.15, -0.1) is 11.6 Å². The van der Waals surface area contributed by atoms with Crippen LogP contribution in [0.3, 0.4) is 0 Å². The molecule has 1 rings (SSSR count). The zero-order chi connectivity index (χ0) is 12.7. The molecule has 0 fully saturated rings. The Labute approximate surface area is 106 Å². The van der Waals surface area contributed by atoms with Crippen LogP contribution in [0.2, 0.25) is 0 Å². The van der Waals surface area contributed by atoms with E-state index in [0.29, 0.717) is 36.3 Å². The highest BCUT2D eigenvalue weighted by Crippen LogP contribution is 2.17. The lowest BCUT2D eigenvalue weighted by Gasteiger charge is -2.10. The number of hydrogen-bond donors (Lipinski definition) is 0. The van der Waals surface area contributed by atoms with Gasteiger partial charge in [0.15, 0.2) is 6.29 Å². The number of aryl methyl sites for hydroxylation is 1. The lowest BCUT2D eigenvalue weighted by atomic mass is 9.98. The molecule has 0 aliphatic rings. The SMILES string of the molecule is CCOC(=O)c1c(C=O)cccc1CCCCl. The summed E-state index contributed by atoms with van der Waals surface area (Å²) in [6.07, 6.45) is 2.10. The smallest absolute Gasteiger partial charge is 0.339 e. The van der Waals surface area contributed by atoms with E-state index < -0.39 is 5.97 Å². The monoisotopic (exact) mass is 254 g/mol. The first kappa shape index (κ1) is 13.7. The van der Waals surface area contributed by atoms with Gasteiger partial charge in [-0.05, 0) is 25.3 Å². The van der Waals surface area contributed by atoms with Gasteiger partial charge in [0.1, 0.15) is 0 Å². The van der Waals surface area contributed by atoms with Crippen molar-refractivity contribution in [2.45, 2.75) is 19.8 Å². The Hall–Kier alpha value is -1.35. The van der Waals surface area contributed by atoms with E-state index in [1.807, 2.05) is 6.07 Å². The Morgan fingerprint density at radius 3 is 2.82 bits per heavy atom. The van der Waals surface area contributed by atoms with Crippen LogP contribution in [0.25, 0.3) is 0 Å². The first-order valence-corrected chi connectivity index (χ1v) is 6.08. The summed E-state index contributed by atoms with van der Waals surface area (Å²) in [5.41, 5.74) is 1.55. The molecule has 0 radical (unpaired) electrons. The van der Waals surface area contributed by atoms with Gasteiger partial charge < -0.3 is 4.74 Å². The van der Waals surface area contributed by atoms with Gasteiger partial charge in [0.05, 0.1) is 12.2 Å². The van der Waals surface area contributed by atoms with Crippen LogP contribution in [0.1, 0.15) is 39.6 Å². The highest BCUT2D eigenvalue weighted by Gasteiger charge is 2.16. The van der Waals surface area contributed by atoms with Gasteiger partial charge in [0.25, 0.3) is 0 Å². The number of ether oxygens (including phenoxy) is 1. The minimum Gasteiger partial charge on any atom is -0.462 e. The highest BCUT2D eigenvalue weighted by atomic mass is 35.5. The van der Waals surface area contributed by atoms with Crippen molar-refractivity contribution in [1.29, 1.82) is 0 Å². The molecule has 4 heteroatoms. The number of rotatable bonds is 6. The molecule has 17 heavy (non-hydrogen) atoms. The fourth-order valence-corrected chi connectivity index (χ4v) is 1.77. The van der Waals surface area contributed by atoms with Gasteiger partial charge in [-0.2, -0.15) is 0 Å². The third-order valence-corrected chi connectivity index (χ3v) is 2.64. The fourth-order valence-electron chi connectivity index (χ4n) is 1.64. The molecule has 1 aromatic carbocycles. The second-order valence-electron chi connectivity index (χ2n) is 3.51. The van der Waals surface area contributed by atoms with Crippen molar-refractivity contribution < 1.29 is 14.3 Å². The van der Waals surface area contributed by atoms with Crippen molar-refractivity contribution in [1.82, 2.24) is 0 Å². The van der Waals surface area contributed by atoms with E-state index in [1.54, 1.807) is 19.1 Å². The molecule has 0 amide bonds. The minimum absolute atomic E-state index is 0.293. The number of benzene rings is 1. The number of aldehydes is 1. The van der Waals surface area contributed by atoms with E-state index in [1.165, 1.54) is 0 Å². The molecular weight excluding hydrogens is 240 g/mol. The van der Waals surface area contributed by atoms with Crippen molar-refractivity contribution in [2.24, 2.45) is 0 Å². The van der Waals surface area contributed by atoms with Crippen molar-refractivity contribution in [3.63, 3.8) is 0 Å². The van der Waals surface area contributed by atoms with Crippen LogP contribution in [0, 0.1) is 0 Å². The summed E-state index contributed by atoms with van der Waals surface area (Å²) in [7, 11) is 0. The van der Waals surface area contributed by atoms with E-state index in [9.17, 15) is 9.59 Å². The van der Waals surface area contributed by atoms with Gasteiger partial charge in [-0.25, -0.2) is 4.79 Å². The van der Waals surface area contributed by atoms with E-state index in [0.717, 1.165) is 12.0 Å². The summed E-state index contributed by atoms with van der Waals surface area (Å²) >= 11 is 5.63. The summed E-state index contributed by atoms with van der Waals surface area (Å²) in [5.74, 6) is 0.0768. The Kier molecular flexibility index (Phi) is 5.70. The molecule has 0 saturated carbocycles. The van der Waals surface area contributed by atoms with Gasteiger partial charge in [-0.3, -0.25) is 4.79 Å². The van der Waals surface area contributed by atoms with Crippen LogP contribution in [0.5, 0.6) is 0 Å². The first-order valence-electron chi connectivity index (χ1n) is 5.54. The third kappa shape index (κ3) is 3.56. The Balaban J connectivity index is 3.10. The van der Waals surface area contributed by atoms with Crippen LogP contribution in [-0.4, -0.2) is 24.7 Å². The summed E-state index contributed by atoms with van der Waals surface area (Å²) in [6, 6.07) is 5.20. The molecule has 0 saturated heterocycles. The largest absolute Gasteiger partial charge is 0.462 e. The molecule has 0 spiro atoms. The summed E-state index contributed by atoms with van der Waals surface area (Å²) in [4.78, 5) is 22.7. The fraction of sp³-hybridized carbons (Fsp3) is 0.385. The molecule has 0 heterocycles. The number of carbonyl (C=O) groups is 2. The molecule has 0 N–H and O–H groups in total. The summed E-state index contributed by atoms with van der Waals surface area (Å²) < 4.78 is 4.96. The second-order valence-corrected chi connectivity index (χ2v) is 3.89. The van der Waals surface area contributed by atoms with Crippen molar-refractivity contribution >= 4 is 23.9 Å². The number of esters is 1. The molecule has 0 aromatic heterocycles. The van der Waals surface area contributed by atoms with Crippen molar-refractivity contribution in [2.75, 3.05) is 12.5 Å². The van der Waals surface area contributed by atoms with E-state index in [-0.39, 0.29) is 0 Å². The van der Waals surface area contributed by atoms with Crippen molar-refractivity contribution in [3.05, 3.63) is 34.9 Å². The van der Waals surface area contributed by atoms with Crippen LogP contribution in [-0.2, 0) is 11.2 Å². The predicted octanol–water partition coefficient (Wildman–Crippen LogP) is 2.85. The summed E-state index contributed by atoms with van der Waals surface area (Å²) in [5, 5.41) is 0. The Bertz CT molecular complexity index is 402. The number of alkyl halides is 1. The lowest BCUT2D eigenvalue weighted by Crippen LogP contribution is -2.11. The molecule has 3 nitrogen and oxygen atoms in total. The molecular formula is C13H15ClO3. The van der Waals surface area contributed by atoms with E-state index in [4.69, 9.17) is 16.3 Å². The second kappa shape index (κ2) is 7.07. The number of carbonyl (C=O) groups excluding carboxylic acids is 2. The maximum atomic E-state index is 11.8. The van der Waals surface area contributed by atoms with Crippen LogP contribution >= 0.6 is 11.6 Å². The number of hydrogen-bond acceptors (Lipinski definition) is 3. The minimum atomic E-state index is -0.445. The molecule has 0 bridgehead atoms. The Morgan fingerprint density at radius 1 is 1.47 bits per heavy atom. The lowest BCUT2D eigenvalue weighted by molar-refractivity contribution is 0.0523. The van der Waals surface area contributed by atoms with Crippen LogP contribution in [0.15, 0.2) is 18.2 Å². The topological polar surface area (TPSA) is 43.4 Å². The van der Waals surface area contributed by atoms with Crippen LogP contribution in [0.4, 0.5) is 0 Å². The van der Waals surface area contributed by atoms with Crippen molar-refractivity contribution in [3.8, 4) is 0 Å². The van der Waals surface area contributed by atoms with Gasteiger partial charge in [-0.1, -0.05) is 18.2 Å². The number of halogens is 1. The van der Waals surface area contributed by atoms with Crippen LogP contribution < -0.4 is 0 Å². The first-order chi connectivity index (χ1) is 8.24. The van der Waals surface area contributed by atoms with Gasteiger partial charge >= 0.3 is 5.97 Å². The predicted molar refractivity (Wildman–Crippen MR) is 66.8 cm³/mol. The zero-order valence-electron chi connectivity index (χ0n) is 9.74. The summed E-state index contributed by atoms with van der Waals surface area (Å²) in [6.45, 7) is 2.03. The maximum Gasteiger partial charge on any atom is 0.339 e. The molecule has 1 aromatic rings. The maximum absolute atomic E-state index is 11.8. The zero-order valence-corrected chi connectivity index (χ0v) is 10.5. The highest BCUT2D eigenvalue weighted by molar-refractivity contribution is 6.17. The van der Waals surface area contributed by atoms with E-state index in [2.05, 4.69) is 0 Å². The van der Waals surface area contributed by atoms with Gasteiger partial charge in [0, 0.05) is 11.4 Å². The normalized spacial score (nSPS) is 10.0.